The second kappa shape index (κ2) is 5.30. The number of hydrogen-bond donors (Lipinski definition) is 1. The summed E-state index contributed by atoms with van der Waals surface area (Å²) in [7, 11) is 0. The number of ether oxygens (including phenoxy) is 1. The standard InChI is InChI=1S/C12H9BrF2N2O/c13-10-3-7(14)4-11(15)12(10)18-6-9-5-8(16)1-2-17-9/h1-5H,6H2,(H2,16,17). The number of nitrogen functional groups attached to an aromatic ring is 1. The van der Waals surface area contributed by atoms with E-state index < -0.39 is 11.6 Å². The summed E-state index contributed by atoms with van der Waals surface area (Å²) in [5.74, 6) is -1.50. The number of halogens is 3. The lowest BCUT2D eigenvalue weighted by atomic mass is 10.3. The largest absolute Gasteiger partial charge is 0.483 e. The van der Waals surface area contributed by atoms with Gasteiger partial charge in [-0.15, -0.1) is 0 Å². The first-order valence-corrected chi connectivity index (χ1v) is 5.83. The maximum absolute atomic E-state index is 13.5. The van der Waals surface area contributed by atoms with Crippen molar-refractivity contribution in [2.45, 2.75) is 6.61 Å². The Morgan fingerprint density at radius 3 is 2.72 bits per heavy atom. The van der Waals surface area contributed by atoms with Gasteiger partial charge in [0.1, 0.15) is 12.4 Å². The van der Waals surface area contributed by atoms with Gasteiger partial charge in [-0.1, -0.05) is 0 Å². The number of aromatic nitrogens is 1. The van der Waals surface area contributed by atoms with Gasteiger partial charge in [0, 0.05) is 18.0 Å². The third-order valence-corrected chi connectivity index (χ3v) is 2.76. The van der Waals surface area contributed by atoms with E-state index in [4.69, 9.17) is 10.5 Å². The zero-order chi connectivity index (χ0) is 13.1. The van der Waals surface area contributed by atoms with Crippen molar-refractivity contribution < 1.29 is 13.5 Å². The fraction of sp³-hybridized carbons (Fsp3) is 0.0833. The lowest BCUT2D eigenvalue weighted by Gasteiger charge is -2.09. The van der Waals surface area contributed by atoms with E-state index >= 15 is 0 Å². The molecular formula is C12H9BrF2N2O. The zero-order valence-electron chi connectivity index (χ0n) is 9.16. The van der Waals surface area contributed by atoms with Crippen molar-refractivity contribution in [1.82, 2.24) is 4.98 Å². The molecule has 0 aliphatic rings. The molecule has 1 aromatic carbocycles. The lowest BCUT2D eigenvalue weighted by Crippen LogP contribution is -2.01. The van der Waals surface area contributed by atoms with E-state index in [1.165, 1.54) is 6.20 Å². The molecule has 94 valence electrons. The van der Waals surface area contributed by atoms with E-state index in [2.05, 4.69) is 20.9 Å². The molecule has 0 aliphatic heterocycles. The highest BCUT2D eigenvalue weighted by Crippen LogP contribution is 2.29. The van der Waals surface area contributed by atoms with Crippen LogP contribution in [0.4, 0.5) is 14.5 Å². The first-order chi connectivity index (χ1) is 8.56. The van der Waals surface area contributed by atoms with Crippen LogP contribution in [0.3, 0.4) is 0 Å². The van der Waals surface area contributed by atoms with Crippen molar-refractivity contribution in [3.05, 3.63) is 52.3 Å². The van der Waals surface area contributed by atoms with Crippen LogP contribution in [0, 0.1) is 11.6 Å². The maximum Gasteiger partial charge on any atom is 0.169 e. The van der Waals surface area contributed by atoms with E-state index in [0.717, 1.165) is 12.1 Å². The Hall–Kier alpha value is -1.69. The van der Waals surface area contributed by atoms with Crippen LogP contribution in [0.25, 0.3) is 0 Å². The van der Waals surface area contributed by atoms with Gasteiger partial charge >= 0.3 is 0 Å². The van der Waals surface area contributed by atoms with Crippen LogP contribution in [-0.4, -0.2) is 4.98 Å². The van der Waals surface area contributed by atoms with E-state index in [9.17, 15) is 8.78 Å². The lowest BCUT2D eigenvalue weighted by molar-refractivity contribution is 0.283. The van der Waals surface area contributed by atoms with Gasteiger partial charge in [0.15, 0.2) is 11.6 Å². The fourth-order valence-electron chi connectivity index (χ4n) is 1.39. The molecule has 1 aromatic heterocycles. The Morgan fingerprint density at radius 2 is 2.06 bits per heavy atom. The molecule has 0 unspecified atom stereocenters. The molecule has 6 heteroatoms. The normalized spacial score (nSPS) is 10.4. The van der Waals surface area contributed by atoms with Crippen LogP contribution in [0.15, 0.2) is 34.9 Å². The molecule has 2 N–H and O–H groups in total. The van der Waals surface area contributed by atoms with Crippen molar-refractivity contribution >= 4 is 21.6 Å². The molecule has 2 rings (SSSR count). The molecule has 18 heavy (non-hydrogen) atoms. The molecule has 0 bridgehead atoms. The second-order valence-corrected chi connectivity index (χ2v) is 4.42. The van der Waals surface area contributed by atoms with Crippen LogP contribution in [0.2, 0.25) is 0 Å². The highest BCUT2D eigenvalue weighted by Gasteiger charge is 2.11. The second-order valence-electron chi connectivity index (χ2n) is 3.57. The van der Waals surface area contributed by atoms with Crippen molar-refractivity contribution in [2.24, 2.45) is 0 Å². The molecule has 0 amide bonds. The smallest absolute Gasteiger partial charge is 0.169 e. The van der Waals surface area contributed by atoms with Gasteiger partial charge in [0.25, 0.3) is 0 Å². The predicted molar refractivity (Wildman–Crippen MR) is 67.0 cm³/mol. The number of anilines is 1. The number of hydrogen-bond acceptors (Lipinski definition) is 3. The number of nitrogens with two attached hydrogens (primary N) is 1. The van der Waals surface area contributed by atoms with Crippen LogP contribution in [0.1, 0.15) is 5.69 Å². The van der Waals surface area contributed by atoms with Gasteiger partial charge in [-0.25, -0.2) is 8.78 Å². The average Bonchev–Trinajstić information content (AvgIpc) is 2.27. The third kappa shape index (κ3) is 2.95. The Kier molecular flexibility index (Phi) is 3.76. The Balaban J connectivity index is 2.16. The van der Waals surface area contributed by atoms with Crippen molar-refractivity contribution in [3.63, 3.8) is 0 Å². The number of rotatable bonds is 3. The van der Waals surface area contributed by atoms with E-state index in [-0.39, 0.29) is 16.8 Å². The molecular weight excluding hydrogens is 306 g/mol. The van der Waals surface area contributed by atoms with Crippen LogP contribution >= 0.6 is 15.9 Å². The van der Waals surface area contributed by atoms with Crippen molar-refractivity contribution in [3.8, 4) is 5.75 Å². The van der Waals surface area contributed by atoms with E-state index in [1.807, 2.05) is 0 Å². The minimum absolute atomic E-state index is 0.0478. The Morgan fingerprint density at radius 1 is 1.28 bits per heavy atom. The minimum Gasteiger partial charge on any atom is -0.483 e. The van der Waals surface area contributed by atoms with Crippen molar-refractivity contribution in [1.29, 1.82) is 0 Å². The van der Waals surface area contributed by atoms with E-state index in [1.54, 1.807) is 12.1 Å². The molecule has 0 spiro atoms. The summed E-state index contributed by atoms with van der Waals surface area (Å²) in [4.78, 5) is 4.01. The highest BCUT2D eigenvalue weighted by atomic mass is 79.9. The minimum atomic E-state index is -0.772. The van der Waals surface area contributed by atoms with Crippen LogP contribution < -0.4 is 10.5 Å². The SMILES string of the molecule is Nc1ccnc(COc2c(F)cc(F)cc2Br)c1. The summed E-state index contributed by atoms with van der Waals surface area (Å²) in [6.07, 6.45) is 1.53. The summed E-state index contributed by atoms with van der Waals surface area (Å²) < 4.78 is 31.8. The molecule has 0 aliphatic carbocycles. The topological polar surface area (TPSA) is 48.1 Å². The molecule has 0 saturated heterocycles. The first kappa shape index (κ1) is 12.8. The highest BCUT2D eigenvalue weighted by molar-refractivity contribution is 9.10. The summed E-state index contributed by atoms with van der Waals surface area (Å²) >= 11 is 3.04. The molecule has 1 heterocycles. The van der Waals surface area contributed by atoms with E-state index in [0.29, 0.717) is 11.4 Å². The molecule has 0 saturated carbocycles. The molecule has 0 atom stereocenters. The van der Waals surface area contributed by atoms with Gasteiger partial charge < -0.3 is 10.5 Å². The number of pyridine rings is 1. The zero-order valence-corrected chi connectivity index (χ0v) is 10.7. The summed E-state index contributed by atoms with van der Waals surface area (Å²) in [6, 6.07) is 5.14. The summed E-state index contributed by atoms with van der Waals surface area (Å²) in [5, 5.41) is 0. The molecule has 0 radical (unpaired) electrons. The van der Waals surface area contributed by atoms with Crippen molar-refractivity contribution in [2.75, 3.05) is 5.73 Å². The molecule has 2 aromatic rings. The van der Waals surface area contributed by atoms with Crippen LogP contribution in [-0.2, 0) is 6.61 Å². The molecule has 0 fully saturated rings. The van der Waals surface area contributed by atoms with Gasteiger partial charge in [-0.3, -0.25) is 4.98 Å². The predicted octanol–water partition coefficient (Wildman–Crippen LogP) is 3.28. The molecule has 3 nitrogen and oxygen atoms in total. The first-order valence-electron chi connectivity index (χ1n) is 5.04. The van der Waals surface area contributed by atoms with Gasteiger partial charge in [-0.05, 0) is 34.1 Å². The van der Waals surface area contributed by atoms with Gasteiger partial charge in [-0.2, -0.15) is 0 Å². The average molecular weight is 315 g/mol. The Labute approximate surface area is 111 Å². The summed E-state index contributed by atoms with van der Waals surface area (Å²) in [5.41, 5.74) is 6.68. The summed E-state index contributed by atoms with van der Waals surface area (Å²) in [6.45, 7) is 0.0478. The fourth-order valence-corrected chi connectivity index (χ4v) is 1.91. The van der Waals surface area contributed by atoms with Gasteiger partial charge in [0.2, 0.25) is 0 Å². The number of benzene rings is 1. The maximum atomic E-state index is 13.5. The third-order valence-electron chi connectivity index (χ3n) is 2.17. The quantitative estimate of drug-likeness (QED) is 0.945. The Bertz CT molecular complexity index is 555. The number of nitrogens with zero attached hydrogens (tertiary/aromatic N) is 1. The van der Waals surface area contributed by atoms with Crippen LogP contribution in [0.5, 0.6) is 5.75 Å². The monoisotopic (exact) mass is 314 g/mol. The van der Waals surface area contributed by atoms with Gasteiger partial charge in [0.05, 0.1) is 10.2 Å².